The highest BCUT2D eigenvalue weighted by atomic mass is 32.2. The smallest absolute Gasteiger partial charge is 0.279 e. The second-order valence-electron chi connectivity index (χ2n) is 4.96. The topological polar surface area (TPSA) is 190 Å². The van der Waals surface area contributed by atoms with Crippen LogP contribution < -0.4 is 10.5 Å². The number of rotatable bonds is 10. The fraction of sp³-hybridized carbons (Fsp3) is 0.538. The van der Waals surface area contributed by atoms with Gasteiger partial charge in [0.25, 0.3) is 10.1 Å². The summed E-state index contributed by atoms with van der Waals surface area (Å²) < 4.78 is 53.8. The van der Waals surface area contributed by atoms with Crippen molar-refractivity contribution in [2.24, 2.45) is 0 Å². The summed E-state index contributed by atoms with van der Waals surface area (Å²) in [4.78, 5) is 1.66. The Labute approximate surface area is 152 Å². The number of benzene rings is 1. The van der Waals surface area contributed by atoms with Gasteiger partial charge in [0.05, 0.1) is 24.7 Å². The van der Waals surface area contributed by atoms with Gasteiger partial charge in [-0.15, -0.1) is 0 Å². The molecule has 0 radical (unpaired) electrons. The van der Waals surface area contributed by atoms with E-state index < -0.39 is 26.0 Å². The average Bonchev–Trinajstić information content (AvgIpc) is 2.54. The van der Waals surface area contributed by atoms with E-state index in [1.807, 2.05) is 0 Å². The van der Waals surface area contributed by atoms with Crippen molar-refractivity contribution < 1.29 is 36.7 Å². The van der Waals surface area contributed by atoms with E-state index in [9.17, 15) is 16.8 Å². The molecule has 0 aromatic heterocycles. The highest BCUT2D eigenvalue weighted by molar-refractivity contribution is 7.91. The van der Waals surface area contributed by atoms with Crippen LogP contribution in [-0.4, -0.2) is 86.9 Å². The van der Waals surface area contributed by atoms with Gasteiger partial charge >= 0.3 is 0 Å². The zero-order chi connectivity index (χ0) is 20.2. The number of anilines is 1. The van der Waals surface area contributed by atoms with E-state index in [0.717, 1.165) is 0 Å². The largest absolute Gasteiger partial charge is 0.399 e. The Morgan fingerprint density at radius 1 is 0.885 bits per heavy atom. The first kappa shape index (κ1) is 24.7. The molecule has 0 saturated carbocycles. The van der Waals surface area contributed by atoms with Crippen molar-refractivity contribution in [2.45, 2.75) is 4.90 Å². The van der Waals surface area contributed by atoms with Crippen LogP contribution in [0, 0.1) is 0 Å². The summed E-state index contributed by atoms with van der Waals surface area (Å²) in [5.74, 6) is -1.07. The molecule has 0 fully saturated rings. The molecule has 1 aromatic carbocycles. The molecule has 152 valence electrons. The molecular weight excluding hydrogens is 390 g/mol. The number of hydrogen-bond acceptors (Lipinski definition) is 9. The molecule has 0 unspecified atom stereocenters. The second-order valence-corrected chi connectivity index (χ2v) is 8.17. The van der Waals surface area contributed by atoms with Gasteiger partial charge in [0, 0.05) is 25.3 Å². The molecule has 1 aromatic rings. The first-order chi connectivity index (χ1) is 12.1. The fourth-order valence-electron chi connectivity index (χ4n) is 1.64. The Morgan fingerprint density at radius 2 is 1.31 bits per heavy atom. The molecular formula is C13H25N3O8S2. The van der Waals surface area contributed by atoms with Crippen LogP contribution in [0.5, 0.6) is 0 Å². The van der Waals surface area contributed by atoms with Gasteiger partial charge in [-0.1, -0.05) is 0 Å². The van der Waals surface area contributed by atoms with Crippen LogP contribution >= 0.6 is 0 Å². The summed E-state index contributed by atoms with van der Waals surface area (Å²) >= 11 is 0. The molecule has 26 heavy (non-hydrogen) atoms. The third-order valence-electron chi connectivity index (χ3n) is 2.87. The lowest BCUT2D eigenvalue weighted by molar-refractivity contribution is 0.136. The van der Waals surface area contributed by atoms with E-state index in [4.69, 9.17) is 25.6 Å². The van der Waals surface area contributed by atoms with E-state index in [1.165, 1.54) is 24.3 Å². The number of nitrogen functional groups attached to an aromatic ring is 1. The van der Waals surface area contributed by atoms with Crippen LogP contribution in [0.1, 0.15) is 0 Å². The van der Waals surface area contributed by atoms with Gasteiger partial charge in [-0.25, -0.2) is 8.42 Å². The van der Waals surface area contributed by atoms with Gasteiger partial charge in [-0.3, -0.25) is 9.45 Å². The maximum absolute atomic E-state index is 11.5. The third kappa shape index (κ3) is 11.3. The number of nitrogens with two attached hydrogens (primary N) is 1. The maximum Gasteiger partial charge on any atom is 0.279 e. The van der Waals surface area contributed by atoms with Crippen LogP contribution in [-0.2, 0) is 20.1 Å². The van der Waals surface area contributed by atoms with Crippen molar-refractivity contribution in [1.29, 1.82) is 0 Å². The van der Waals surface area contributed by atoms with Crippen molar-refractivity contribution in [3.63, 3.8) is 0 Å². The molecule has 0 aliphatic rings. The van der Waals surface area contributed by atoms with E-state index in [1.54, 1.807) is 9.62 Å². The van der Waals surface area contributed by atoms with Crippen LogP contribution in [0.3, 0.4) is 0 Å². The molecule has 0 atom stereocenters. The Balaban J connectivity index is 0.000000541. The summed E-state index contributed by atoms with van der Waals surface area (Å²) in [6, 6.07) is 5.17. The zero-order valence-electron chi connectivity index (χ0n) is 14.0. The van der Waals surface area contributed by atoms with Crippen LogP contribution in [0.15, 0.2) is 29.2 Å². The predicted molar refractivity (Wildman–Crippen MR) is 95.3 cm³/mol. The fourth-order valence-corrected chi connectivity index (χ4v) is 3.52. The van der Waals surface area contributed by atoms with Crippen molar-refractivity contribution in [3.05, 3.63) is 24.3 Å². The minimum atomic E-state index is -4.39. The molecule has 0 aliphatic heterocycles. The van der Waals surface area contributed by atoms with E-state index in [-0.39, 0.29) is 24.7 Å². The molecule has 0 amide bonds. The van der Waals surface area contributed by atoms with Crippen LogP contribution in [0.25, 0.3) is 0 Å². The van der Waals surface area contributed by atoms with Gasteiger partial charge in [-0.2, -0.15) is 13.1 Å². The lowest BCUT2D eigenvalue weighted by Crippen LogP contribution is -2.32. The highest BCUT2D eigenvalue weighted by Crippen LogP contribution is 2.11. The van der Waals surface area contributed by atoms with E-state index in [2.05, 4.69) is 0 Å². The Kier molecular flexibility index (Phi) is 11.5. The van der Waals surface area contributed by atoms with Crippen molar-refractivity contribution in [2.75, 3.05) is 51.1 Å². The number of sulfonamides is 1. The van der Waals surface area contributed by atoms with Gasteiger partial charge < -0.3 is 21.1 Å². The molecule has 0 spiro atoms. The summed E-state index contributed by atoms with van der Waals surface area (Å²) in [7, 11) is -8.34. The first-order valence-corrected chi connectivity index (χ1v) is 10.5. The number of nitrogens with one attached hydrogen (secondary N) is 1. The molecule has 0 saturated heterocycles. The Morgan fingerprint density at radius 3 is 1.65 bits per heavy atom. The van der Waals surface area contributed by atoms with E-state index in [0.29, 0.717) is 25.3 Å². The lowest BCUT2D eigenvalue weighted by atomic mass is 10.3. The number of aliphatic hydroxyl groups excluding tert-OH is 3. The third-order valence-corrected chi connectivity index (χ3v) is 4.98. The summed E-state index contributed by atoms with van der Waals surface area (Å²) in [6.07, 6.45) is 0. The van der Waals surface area contributed by atoms with Gasteiger partial charge in [0.2, 0.25) is 10.0 Å². The molecule has 13 heteroatoms. The molecule has 0 heterocycles. The number of aliphatic hydroxyl groups is 3. The molecule has 1 rings (SSSR count). The van der Waals surface area contributed by atoms with Crippen LogP contribution in [0.2, 0.25) is 0 Å². The van der Waals surface area contributed by atoms with E-state index >= 15 is 0 Å². The predicted octanol–water partition coefficient (Wildman–Crippen LogP) is -2.34. The Hall–Kier alpha value is -1.32. The number of hydrogen-bond donors (Lipinski definition) is 6. The molecule has 7 N–H and O–H groups in total. The van der Waals surface area contributed by atoms with Gasteiger partial charge in [0.1, 0.15) is 5.88 Å². The Bertz CT molecular complexity index is 693. The average molecular weight is 415 g/mol. The zero-order valence-corrected chi connectivity index (χ0v) is 15.7. The van der Waals surface area contributed by atoms with Gasteiger partial charge in [-0.05, 0) is 24.3 Å². The SMILES string of the molecule is Nc1ccc(S(=O)(=O)NCS(=O)(=O)O)cc1.OCCN(CCO)CCO. The van der Waals surface area contributed by atoms with Crippen molar-refractivity contribution in [1.82, 2.24) is 9.62 Å². The highest BCUT2D eigenvalue weighted by Gasteiger charge is 2.16. The summed E-state index contributed by atoms with van der Waals surface area (Å²) in [6.45, 7) is 1.75. The van der Waals surface area contributed by atoms with Gasteiger partial charge in [0.15, 0.2) is 0 Å². The molecule has 0 bridgehead atoms. The summed E-state index contributed by atoms with van der Waals surface area (Å²) in [5.41, 5.74) is 5.75. The first-order valence-electron chi connectivity index (χ1n) is 7.41. The normalized spacial score (nSPS) is 11.9. The summed E-state index contributed by atoms with van der Waals surface area (Å²) in [5, 5.41) is 25.5. The van der Waals surface area contributed by atoms with Crippen LogP contribution in [0.4, 0.5) is 5.69 Å². The van der Waals surface area contributed by atoms with Crippen molar-refractivity contribution >= 4 is 25.8 Å². The maximum atomic E-state index is 11.5. The standard InChI is InChI=1S/C7H10N2O5S2.C6H15NO3/c8-6-1-3-7(4-2-6)16(13,14)9-5-15(10,11)12;8-4-1-7(2-5-9)3-6-10/h1-4,9H,5,8H2,(H,10,11,12);8-10H,1-6H2. The minimum absolute atomic E-state index is 0.0694. The molecule has 11 nitrogen and oxygen atoms in total. The van der Waals surface area contributed by atoms with Crippen molar-refractivity contribution in [3.8, 4) is 0 Å². The number of nitrogens with zero attached hydrogens (tertiary/aromatic N) is 1. The second kappa shape index (κ2) is 12.1. The monoisotopic (exact) mass is 415 g/mol. The quantitative estimate of drug-likeness (QED) is 0.178. The minimum Gasteiger partial charge on any atom is -0.399 e. The lowest BCUT2D eigenvalue weighted by Gasteiger charge is -2.17. The molecule has 0 aliphatic carbocycles.